The molecule has 0 aliphatic carbocycles. The Morgan fingerprint density at radius 1 is 1.16 bits per heavy atom. The van der Waals surface area contributed by atoms with Gasteiger partial charge in [-0.1, -0.05) is 6.58 Å². The molecule has 4 heteroatoms. The predicted octanol–water partition coefficient (Wildman–Crippen LogP) is 3.03. The van der Waals surface area contributed by atoms with Crippen molar-refractivity contribution < 1.29 is 14.3 Å². The first-order valence-electron chi connectivity index (χ1n) is 6.79. The molecule has 0 saturated carbocycles. The van der Waals surface area contributed by atoms with Crippen LogP contribution in [0.25, 0.3) is 0 Å². The number of hydrogen-bond acceptors (Lipinski definition) is 3. The molecule has 0 unspecified atom stereocenters. The molecule has 0 fully saturated rings. The molecule has 0 saturated heterocycles. The second kappa shape index (κ2) is 7.65. The molecule has 0 aliphatic heterocycles. The van der Waals surface area contributed by atoms with E-state index in [1.54, 1.807) is 0 Å². The second-order valence-corrected chi connectivity index (χ2v) is 6.53. The van der Waals surface area contributed by atoms with Gasteiger partial charge in [0.25, 0.3) is 0 Å². The number of ether oxygens (including phenoxy) is 2. The summed E-state index contributed by atoms with van der Waals surface area (Å²) in [4.78, 5) is 11.0. The molecule has 0 aromatic rings. The van der Waals surface area contributed by atoms with E-state index in [-0.39, 0.29) is 23.4 Å². The molecule has 0 aliphatic rings. The summed E-state index contributed by atoms with van der Waals surface area (Å²) in [7, 11) is 0. The minimum Gasteiger partial charge on any atom is -0.353 e. The zero-order valence-corrected chi connectivity index (χ0v) is 13.2. The van der Waals surface area contributed by atoms with Crippen LogP contribution in [0.4, 0.5) is 0 Å². The molecule has 4 nitrogen and oxygen atoms in total. The van der Waals surface area contributed by atoms with Gasteiger partial charge in [-0.25, -0.2) is 0 Å². The van der Waals surface area contributed by atoms with Gasteiger partial charge in [0.15, 0.2) is 6.29 Å². The van der Waals surface area contributed by atoms with Crippen LogP contribution in [-0.4, -0.2) is 29.9 Å². The van der Waals surface area contributed by atoms with Crippen LogP contribution >= 0.6 is 0 Å². The van der Waals surface area contributed by atoms with Gasteiger partial charge < -0.3 is 14.8 Å². The molecule has 0 aromatic heterocycles. The Morgan fingerprint density at radius 2 is 1.63 bits per heavy atom. The summed E-state index contributed by atoms with van der Waals surface area (Å²) in [6.07, 6.45) is 2.55. The van der Waals surface area contributed by atoms with Gasteiger partial charge in [0.2, 0.25) is 5.91 Å². The zero-order chi connectivity index (χ0) is 15.1. The summed E-state index contributed by atoms with van der Waals surface area (Å²) >= 11 is 0. The second-order valence-electron chi connectivity index (χ2n) is 6.53. The van der Waals surface area contributed by atoms with Crippen molar-refractivity contribution in [3.8, 4) is 0 Å². The number of carbonyl (C=O) groups is 1. The summed E-state index contributed by atoms with van der Waals surface area (Å²) in [6, 6.07) is 0. The van der Waals surface area contributed by atoms with Crippen LogP contribution in [0.3, 0.4) is 0 Å². The Hall–Kier alpha value is -0.870. The molecule has 0 bridgehead atoms. The van der Waals surface area contributed by atoms with Gasteiger partial charge in [0.05, 0.1) is 11.2 Å². The van der Waals surface area contributed by atoms with E-state index in [0.29, 0.717) is 6.54 Å². The van der Waals surface area contributed by atoms with Crippen LogP contribution in [0.1, 0.15) is 54.4 Å². The van der Waals surface area contributed by atoms with Crippen LogP contribution in [0.2, 0.25) is 0 Å². The highest BCUT2D eigenvalue weighted by atomic mass is 16.7. The van der Waals surface area contributed by atoms with Gasteiger partial charge in [-0.05, 0) is 54.0 Å². The third kappa shape index (κ3) is 11.9. The Bertz CT molecular complexity index is 271. The van der Waals surface area contributed by atoms with Crippen molar-refractivity contribution >= 4 is 5.91 Å². The van der Waals surface area contributed by atoms with Crippen LogP contribution in [0, 0.1) is 0 Å². The summed E-state index contributed by atoms with van der Waals surface area (Å²) in [5, 5.41) is 2.75. The highest BCUT2D eigenvalue weighted by Gasteiger charge is 2.24. The van der Waals surface area contributed by atoms with E-state index in [4.69, 9.17) is 9.47 Å². The van der Waals surface area contributed by atoms with Gasteiger partial charge in [-0.3, -0.25) is 4.79 Å². The number of rotatable bonds is 7. The van der Waals surface area contributed by atoms with Crippen LogP contribution in [0.5, 0.6) is 0 Å². The van der Waals surface area contributed by atoms with E-state index < -0.39 is 0 Å². The maximum atomic E-state index is 11.0. The van der Waals surface area contributed by atoms with Crippen molar-refractivity contribution in [3.63, 3.8) is 0 Å². The molecule has 0 rings (SSSR count). The topological polar surface area (TPSA) is 47.6 Å². The van der Waals surface area contributed by atoms with Crippen molar-refractivity contribution in [1.82, 2.24) is 5.32 Å². The van der Waals surface area contributed by atoms with Gasteiger partial charge >= 0.3 is 0 Å². The van der Waals surface area contributed by atoms with Crippen molar-refractivity contribution in [2.24, 2.45) is 0 Å². The van der Waals surface area contributed by atoms with Gasteiger partial charge in [0.1, 0.15) is 0 Å². The Balaban J connectivity index is 4.20. The highest BCUT2D eigenvalue weighted by Crippen LogP contribution is 2.20. The molecule has 0 aromatic carbocycles. The fraction of sp³-hybridized carbons (Fsp3) is 0.800. The summed E-state index contributed by atoms with van der Waals surface area (Å²) in [6.45, 7) is 16.0. The molecule has 0 spiro atoms. The average Bonchev–Trinajstić information content (AvgIpc) is 2.19. The normalized spacial score (nSPS) is 12.6. The van der Waals surface area contributed by atoms with Crippen molar-refractivity contribution in [3.05, 3.63) is 12.7 Å². The Kier molecular flexibility index (Phi) is 7.30. The number of carbonyl (C=O) groups excluding carboxylic acids is 1. The molecule has 0 radical (unpaired) electrons. The fourth-order valence-corrected chi connectivity index (χ4v) is 1.48. The van der Waals surface area contributed by atoms with E-state index in [1.807, 2.05) is 41.5 Å². The minimum atomic E-state index is -0.263. The summed E-state index contributed by atoms with van der Waals surface area (Å²) in [5.74, 6) is -0.148. The first-order valence-corrected chi connectivity index (χ1v) is 6.79. The van der Waals surface area contributed by atoms with Crippen molar-refractivity contribution in [1.29, 1.82) is 0 Å². The maximum Gasteiger partial charge on any atom is 0.243 e. The lowest BCUT2D eigenvalue weighted by molar-refractivity contribution is -0.236. The standard InChI is InChI=1S/C15H29NO3/c1-8-12(17)16-11-9-10-13(18-14(2,3)4)19-15(5,6)7/h8,13H,1,9-11H2,2-7H3,(H,16,17). The molecular formula is C15H29NO3. The van der Waals surface area contributed by atoms with E-state index in [2.05, 4.69) is 11.9 Å². The van der Waals surface area contributed by atoms with Gasteiger partial charge in [-0.15, -0.1) is 0 Å². The first-order chi connectivity index (χ1) is 8.53. The van der Waals surface area contributed by atoms with Crippen molar-refractivity contribution in [2.75, 3.05) is 6.54 Å². The monoisotopic (exact) mass is 271 g/mol. The van der Waals surface area contributed by atoms with Crippen molar-refractivity contribution in [2.45, 2.75) is 71.9 Å². The molecule has 1 amide bonds. The molecule has 19 heavy (non-hydrogen) atoms. The largest absolute Gasteiger partial charge is 0.353 e. The SMILES string of the molecule is C=CC(=O)NCCCC(OC(C)(C)C)OC(C)(C)C. The lowest BCUT2D eigenvalue weighted by Crippen LogP contribution is -2.35. The minimum absolute atomic E-state index is 0.148. The summed E-state index contributed by atoms with van der Waals surface area (Å²) < 4.78 is 11.8. The maximum absolute atomic E-state index is 11.0. The van der Waals surface area contributed by atoms with E-state index >= 15 is 0 Å². The van der Waals surface area contributed by atoms with E-state index in [1.165, 1.54) is 6.08 Å². The zero-order valence-electron chi connectivity index (χ0n) is 13.2. The van der Waals surface area contributed by atoms with E-state index in [0.717, 1.165) is 12.8 Å². The number of amides is 1. The Morgan fingerprint density at radius 3 is 2.00 bits per heavy atom. The van der Waals surface area contributed by atoms with Crippen LogP contribution < -0.4 is 5.32 Å². The number of nitrogens with one attached hydrogen (secondary N) is 1. The summed E-state index contributed by atoms with van der Waals surface area (Å²) in [5.41, 5.74) is -0.499. The van der Waals surface area contributed by atoms with Crippen LogP contribution in [-0.2, 0) is 14.3 Å². The first kappa shape index (κ1) is 18.1. The van der Waals surface area contributed by atoms with Gasteiger partial charge in [0, 0.05) is 13.0 Å². The molecule has 0 heterocycles. The van der Waals surface area contributed by atoms with E-state index in [9.17, 15) is 4.79 Å². The highest BCUT2D eigenvalue weighted by molar-refractivity contribution is 5.86. The van der Waals surface area contributed by atoms with Gasteiger partial charge in [-0.2, -0.15) is 0 Å². The van der Waals surface area contributed by atoms with Crippen LogP contribution in [0.15, 0.2) is 12.7 Å². The number of hydrogen-bond donors (Lipinski definition) is 1. The average molecular weight is 271 g/mol. The lowest BCUT2D eigenvalue weighted by atomic mass is 10.1. The molecule has 0 atom stereocenters. The third-order valence-corrected chi connectivity index (χ3v) is 2.07. The quantitative estimate of drug-likeness (QED) is 0.440. The molecule has 1 N–H and O–H groups in total. The smallest absolute Gasteiger partial charge is 0.243 e. The Labute approximate surface area is 117 Å². The predicted molar refractivity (Wildman–Crippen MR) is 77.9 cm³/mol. The molecular weight excluding hydrogens is 242 g/mol. The third-order valence-electron chi connectivity index (χ3n) is 2.07. The fourth-order valence-electron chi connectivity index (χ4n) is 1.48. The molecule has 112 valence electrons. The lowest BCUT2D eigenvalue weighted by Gasteiger charge is -2.32.